The Kier molecular flexibility index (Phi) is 3.49. The Balaban J connectivity index is 2.14. The molecule has 0 radical (unpaired) electrons. The van der Waals surface area contributed by atoms with Gasteiger partial charge in [0.15, 0.2) is 0 Å². The van der Waals surface area contributed by atoms with Crippen LogP contribution in [0.4, 0.5) is 0 Å². The smallest absolute Gasteiger partial charge is 0.0602 e. The van der Waals surface area contributed by atoms with Crippen LogP contribution in [-0.2, 0) is 6.54 Å². The Morgan fingerprint density at radius 1 is 1.31 bits per heavy atom. The Morgan fingerprint density at radius 2 is 2.12 bits per heavy atom. The van der Waals surface area contributed by atoms with Gasteiger partial charge >= 0.3 is 0 Å². The van der Waals surface area contributed by atoms with Crippen LogP contribution in [0.15, 0.2) is 36.7 Å². The van der Waals surface area contributed by atoms with E-state index in [1.54, 1.807) is 23.0 Å². The van der Waals surface area contributed by atoms with Gasteiger partial charge < -0.3 is 5.73 Å². The minimum atomic E-state index is -0.144. The van der Waals surface area contributed by atoms with E-state index in [1.807, 2.05) is 18.3 Å². The molecule has 2 aromatic rings. The topological polar surface area (TPSA) is 43.8 Å². The zero-order valence-electron chi connectivity index (χ0n) is 8.48. The second kappa shape index (κ2) is 4.87. The highest BCUT2D eigenvalue weighted by Gasteiger charge is 2.08. The lowest BCUT2D eigenvalue weighted by atomic mass is 10.1. The van der Waals surface area contributed by atoms with E-state index in [2.05, 4.69) is 5.10 Å². The summed E-state index contributed by atoms with van der Waals surface area (Å²) in [5, 5.41) is 5.16. The van der Waals surface area contributed by atoms with Crippen molar-refractivity contribution in [3.63, 3.8) is 0 Å². The minimum Gasteiger partial charge on any atom is -0.322 e. The first-order valence-corrected chi connectivity index (χ1v) is 5.60. The van der Waals surface area contributed by atoms with Crippen molar-refractivity contribution in [2.24, 2.45) is 5.73 Å². The molecule has 1 aromatic carbocycles. The van der Waals surface area contributed by atoms with Crippen LogP contribution in [0.2, 0.25) is 10.0 Å². The molecule has 0 spiro atoms. The molecule has 0 saturated carbocycles. The molecule has 2 rings (SSSR count). The van der Waals surface area contributed by atoms with Gasteiger partial charge in [0.05, 0.1) is 16.6 Å². The predicted molar refractivity (Wildman–Crippen MR) is 65.6 cm³/mol. The van der Waals surface area contributed by atoms with E-state index in [0.29, 0.717) is 16.6 Å². The highest BCUT2D eigenvalue weighted by molar-refractivity contribution is 6.42. The van der Waals surface area contributed by atoms with Crippen molar-refractivity contribution in [1.82, 2.24) is 9.78 Å². The first kappa shape index (κ1) is 11.5. The summed E-state index contributed by atoms with van der Waals surface area (Å²) in [6.45, 7) is 0.616. The van der Waals surface area contributed by atoms with Gasteiger partial charge in [-0.15, -0.1) is 0 Å². The number of hydrogen-bond donors (Lipinski definition) is 1. The van der Waals surface area contributed by atoms with E-state index in [4.69, 9.17) is 28.9 Å². The predicted octanol–water partition coefficient (Wildman–Crippen LogP) is 2.89. The number of halogens is 2. The Hall–Kier alpha value is -1.03. The normalized spacial score (nSPS) is 12.7. The lowest BCUT2D eigenvalue weighted by Crippen LogP contribution is -2.17. The Labute approximate surface area is 104 Å². The molecule has 1 unspecified atom stereocenters. The molecule has 0 aliphatic rings. The summed E-state index contributed by atoms with van der Waals surface area (Å²) in [5.41, 5.74) is 6.99. The molecule has 0 aliphatic carbocycles. The number of aromatic nitrogens is 2. The quantitative estimate of drug-likeness (QED) is 0.917. The first-order chi connectivity index (χ1) is 7.66. The van der Waals surface area contributed by atoms with Crippen molar-refractivity contribution < 1.29 is 0 Å². The molecule has 0 bridgehead atoms. The third-order valence-electron chi connectivity index (χ3n) is 2.31. The van der Waals surface area contributed by atoms with Crippen molar-refractivity contribution >= 4 is 23.2 Å². The van der Waals surface area contributed by atoms with Crippen LogP contribution in [0.5, 0.6) is 0 Å². The standard InChI is InChI=1S/C11H11Cl2N3/c12-9-3-2-8(6-10(9)13)11(14)7-16-5-1-4-15-16/h1-6,11H,7,14H2. The molecule has 16 heavy (non-hydrogen) atoms. The zero-order valence-corrected chi connectivity index (χ0v) is 9.99. The van der Waals surface area contributed by atoms with Crippen LogP contribution in [0.1, 0.15) is 11.6 Å². The van der Waals surface area contributed by atoms with Gasteiger partial charge in [0.1, 0.15) is 0 Å². The fraction of sp³-hybridized carbons (Fsp3) is 0.182. The van der Waals surface area contributed by atoms with Crippen molar-refractivity contribution in [3.8, 4) is 0 Å². The van der Waals surface area contributed by atoms with Crippen LogP contribution in [-0.4, -0.2) is 9.78 Å². The fourth-order valence-corrected chi connectivity index (χ4v) is 1.76. The summed E-state index contributed by atoms with van der Waals surface area (Å²) < 4.78 is 1.78. The summed E-state index contributed by atoms with van der Waals surface area (Å²) in [5.74, 6) is 0. The molecule has 2 N–H and O–H groups in total. The molecule has 1 aromatic heterocycles. The Bertz CT molecular complexity index is 468. The third-order valence-corrected chi connectivity index (χ3v) is 3.05. The summed E-state index contributed by atoms with van der Waals surface area (Å²) >= 11 is 11.8. The van der Waals surface area contributed by atoms with Crippen LogP contribution < -0.4 is 5.73 Å². The molecule has 0 saturated heterocycles. The molecule has 1 atom stereocenters. The largest absolute Gasteiger partial charge is 0.322 e. The van der Waals surface area contributed by atoms with Crippen molar-refractivity contribution in [2.45, 2.75) is 12.6 Å². The number of nitrogens with zero attached hydrogens (tertiary/aromatic N) is 2. The average Bonchev–Trinajstić information content (AvgIpc) is 2.74. The van der Waals surface area contributed by atoms with Crippen LogP contribution >= 0.6 is 23.2 Å². The molecule has 5 heteroatoms. The maximum atomic E-state index is 6.04. The molecule has 84 valence electrons. The zero-order chi connectivity index (χ0) is 11.5. The molecule has 0 amide bonds. The molecule has 3 nitrogen and oxygen atoms in total. The summed E-state index contributed by atoms with van der Waals surface area (Å²) in [4.78, 5) is 0. The minimum absolute atomic E-state index is 0.144. The van der Waals surface area contributed by atoms with Gasteiger partial charge in [-0.25, -0.2) is 0 Å². The van der Waals surface area contributed by atoms with Crippen molar-refractivity contribution in [1.29, 1.82) is 0 Å². The SMILES string of the molecule is NC(Cn1cccn1)c1ccc(Cl)c(Cl)c1. The van der Waals surface area contributed by atoms with E-state index >= 15 is 0 Å². The van der Waals surface area contributed by atoms with Crippen molar-refractivity contribution in [2.75, 3.05) is 0 Å². The fourth-order valence-electron chi connectivity index (χ4n) is 1.46. The van der Waals surface area contributed by atoms with Crippen LogP contribution in [0, 0.1) is 0 Å². The molecular formula is C11H11Cl2N3. The molecule has 1 heterocycles. The van der Waals surface area contributed by atoms with Gasteiger partial charge in [-0.1, -0.05) is 29.3 Å². The van der Waals surface area contributed by atoms with Crippen LogP contribution in [0.25, 0.3) is 0 Å². The second-order valence-corrected chi connectivity index (χ2v) is 4.32. The van der Waals surface area contributed by atoms with Gasteiger partial charge in [-0.3, -0.25) is 4.68 Å². The summed E-state index contributed by atoms with van der Waals surface area (Å²) in [7, 11) is 0. The van der Waals surface area contributed by atoms with E-state index in [0.717, 1.165) is 5.56 Å². The van der Waals surface area contributed by atoms with Crippen molar-refractivity contribution in [3.05, 3.63) is 52.3 Å². The maximum absolute atomic E-state index is 6.04. The summed E-state index contributed by atoms with van der Waals surface area (Å²) in [6.07, 6.45) is 3.60. The lowest BCUT2D eigenvalue weighted by molar-refractivity contribution is 0.528. The van der Waals surface area contributed by atoms with Gasteiger partial charge in [0.2, 0.25) is 0 Å². The number of nitrogens with two attached hydrogens (primary N) is 1. The highest BCUT2D eigenvalue weighted by atomic mass is 35.5. The monoisotopic (exact) mass is 255 g/mol. The van der Waals surface area contributed by atoms with Gasteiger partial charge in [0.25, 0.3) is 0 Å². The lowest BCUT2D eigenvalue weighted by Gasteiger charge is -2.12. The third kappa shape index (κ3) is 2.55. The summed E-state index contributed by atoms with van der Waals surface area (Å²) in [6, 6.07) is 7.14. The molecule has 0 fully saturated rings. The van der Waals surface area contributed by atoms with Gasteiger partial charge in [-0.2, -0.15) is 5.10 Å². The second-order valence-electron chi connectivity index (χ2n) is 3.51. The van der Waals surface area contributed by atoms with Gasteiger partial charge in [0, 0.05) is 18.4 Å². The Morgan fingerprint density at radius 3 is 2.75 bits per heavy atom. The van der Waals surface area contributed by atoms with E-state index in [-0.39, 0.29) is 6.04 Å². The number of rotatable bonds is 3. The van der Waals surface area contributed by atoms with E-state index < -0.39 is 0 Å². The van der Waals surface area contributed by atoms with Crippen LogP contribution in [0.3, 0.4) is 0 Å². The molecular weight excluding hydrogens is 245 g/mol. The number of hydrogen-bond acceptors (Lipinski definition) is 2. The molecule has 0 aliphatic heterocycles. The van der Waals surface area contributed by atoms with E-state index in [1.165, 1.54) is 0 Å². The van der Waals surface area contributed by atoms with E-state index in [9.17, 15) is 0 Å². The van der Waals surface area contributed by atoms with Gasteiger partial charge in [-0.05, 0) is 23.8 Å². The highest BCUT2D eigenvalue weighted by Crippen LogP contribution is 2.25. The average molecular weight is 256 g/mol. The number of benzene rings is 1. The first-order valence-electron chi connectivity index (χ1n) is 4.85. The maximum Gasteiger partial charge on any atom is 0.0602 e.